The molecule has 5 nitrogen and oxygen atoms in total. The highest BCUT2D eigenvalue weighted by atomic mass is 32.1. The quantitative estimate of drug-likeness (QED) is 0.326. The van der Waals surface area contributed by atoms with Crippen molar-refractivity contribution in [1.29, 1.82) is 0 Å². The number of thiazole rings is 1. The SMILES string of the molecule is CCOc1c(/C(C)=C/C(=O)Nc2nc3ccc(C)cc3s2)cc2c3c(oc2c1C)CCCC3. The minimum absolute atomic E-state index is 0.197. The fraction of sp³-hybridized carbons (Fsp3) is 0.333. The van der Waals surface area contributed by atoms with E-state index in [0.29, 0.717) is 11.7 Å². The number of carbonyl (C=O) groups excluding carboxylic acids is 1. The number of carbonyl (C=O) groups is 1. The molecule has 6 heteroatoms. The zero-order chi connectivity index (χ0) is 23.1. The largest absolute Gasteiger partial charge is 0.493 e. The molecule has 5 rings (SSSR count). The highest BCUT2D eigenvalue weighted by Gasteiger charge is 2.23. The van der Waals surface area contributed by atoms with Crippen LogP contribution in [0.15, 0.2) is 34.8 Å². The molecule has 170 valence electrons. The van der Waals surface area contributed by atoms with Gasteiger partial charge < -0.3 is 9.15 Å². The van der Waals surface area contributed by atoms with Gasteiger partial charge >= 0.3 is 0 Å². The van der Waals surface area contributed by atoms with Gasteiger partial charge in [0.25, 0.3) is 0 Å². The van der Waals surface area contributed by atoms with Gasteiger partial charge in [-0.1, -0.05) is 17.4 Å². The van der Waals surface area contributed by atoms with Crippen LogP contribution in [0.3, 0.4) is 0 Å². The number of anilines is 1. The van der Waals surface area contributed by atoms with Gasteiger partial charge in [-0.3, -0.25) is 10.1 Å². The van der Waals surface area contributed by atoms with Gasteiger partial charge in [-0.2, -0.15) is 0 Å². The van der Waals surface area contributed by atoms with Crippen LogP contribution in [-0.2, 0) is 17.6 Å². The lowest BCUT2D eigenvalue weighted by molar-refractivity contribution is -0.111. The van der Waals surface area contributed by atoms with E-state index >= 15 is 0 Å². The predicted octanol–water partition coefficient (Wildman–Crippen LogP) is 6.98. The average molecular weight is 461 g/mol. The molecule has 0 radical (unpaired) electrons. The van der Waals surface area contributed by atoms with Crippen molar-refractivity contribution in [3.05, 3.63) is 58.4 Å². The van der Waals surface area contributed by atoms with E-state index in [0.717, 1.165) is 62.2 Å². The second-order valence-electron chi connectivity index (χ2n) is 8.71. The Morgan fingerprint density at radius 1 is 1.24 bits per heavy atom. The molecule has 1 aliphatic rings. The molecule has 0 saturated heterocycles. The Balaban J connectivity index is 1.50. The summed E-state index contributed by atoms with van der Waals surface area (Å²) in [5, 5.41) is 4.68. The summed E-state index contributed by atoms with van der Waals surface area (Å²) in [5.74, 6) is 1.69. The molecule has 33 heavy (non-hydrogen) atoms. The molecule has 2 aromatic heterocycles. The number of nitrogens with zero attached hydrogens (tertiary/aromatic N) is 1. The van der Waals surface area contributed by atoms with E-state index in [1.54, 1.807) is 6.08 Å². The molecule has 0 saturated carbocycles. The van der Waals surface area contributed by atoms with E-state index < -0.39 is 0 Å². The summed E-state index contributed by atoms with van der Waals surface area (Å²) in [6.45, 7) is 8.57. The Hall–Kier alpha value is -3.12. The summed E-state index contributed by atoms with van der Waals surface area (Å²) in [7, 11) is 0. The van der Waals surface area contributed by atoms with Crippen molar-refractivity contribution in [2.45, 2.75) is 53.4 Å². The molecule has 0 aliphatic heterocycles. The summed E-state index contributed by atoms with van der Waals surface area (Å²) in [6.07, 6.45) is 6.01. The van der Waals surface area contributed by atoms with Gasteiger partial charge in [0, 0.05) is 34.6 Å². The highest BCUT2D eigenvalue weighted by molar-refractivity contribution is 7.22. The van der Waals surface area contributed by atoms with Gasteiger partial charge in [-0.05, 0) is 76.3 Å². The number of aryl methyl sites for hydroxylation is 4. The maximum absolute atomic E-state index is 12.9. The van der Waals surface area contributed by atoms with Crippen LogP contribution in [0, 0.1) is 13.8 Å². The van der Waals surface area contributed by atoms with E-state index in [-0.39, 0.29) is 5.91 Å². The highest BCUT2D eigenvalue weighted by Crippen LogP contribution is 2.41. The summed E-state index contributed by atoms with van der Waals surface area (Å²) in [6, 6.07) is 8.23. The fourth-order valence-electron chi connectivity index (χ4n) is 4.66. The van der Waals surface area contributed by atoms with Crippen LogP contribution >= 0.6 is 11.3 Å². The number of ether oxygens (including phenoxy) is 1. The Morgan fingerprint density at radius 3 is 2.88 bits per heavy atom. The molecule has 1 N–H and O–H groups in total. The second-order valence-corrected chi connectivity index (χ2v) is 9.74. The monoisotopic (exact) mass is 460 g/mol. The molecular weight excluding hydrogens is 432 g/mol. The Labute approximate surface area is 197 Å². The Kier molecular flexibility index (Phi) is 5.71. The van der Waals surface area contributed by atoms with Crippen molar-refractivity contribution in [3.63, 3.8) is 0 Å². The van der Waals surface area contributed by atoms with Gasteiger partial charge in [0.2, 0.25) is 5.91 Å². The average Bonchev–Trinajstić information content (AvgIpc) is 3.35. The molecular formula is C27H28N2O3S. The van der Waals surface area contributed by atoms with Crippen LogP contribution in [0.1, 0.15) is 54.7 Å². The first-order chi connectivity index (χ1) is 15.9. The molecule has 1 aliphatic carbocycles. The smallest absolute Gasteiger partial charge is 0.250 e. The molecule has 1 amide bonds. The number of amides is 1. The number of furan rings is 1. The van der Waals surface area contributed by atoms with Crippen molar-refractivity contribution < 1.29 is 13.9 Å². The number of allylic oxidation sites excluding steroid dienone is 1. The van der Waals surface area contributed by atoms with Crippen LogP contribution in [-0.4, -0.2) is 17.5 Å². The Bertz CT molecular complexity index is 1410. The third-order valence-corrected chi connectivity index (χ3v) is 7.20. The lowest BCUT2D eigenvalue weighted by atomic mass is 9.93. The van der Waals surface area contributed by atoms with Crippen LogP contribution in [0.4, 0.5) is 5.13 Å². The number of rotatable bonds is 5. The third kappa shape index (κ3) is 4.04. The van der Waals surface area contributed by atoms with Crippen molar-refractivity contribution >= 4 is 49.1 Å². The lowest BCUT2D eigenvalue weighted by Crippen LogP contribution is -2.08. The van der Waals surface area contributed by atoms with Crippen molar-refractivity contribution in [1.82, 2.24) is 4.98 Å². The number of hydrogen-bond donors (Lipinski definition) is 1. The van der Waals surface area contributed by atoms with Crippen LogP contribution in [0.25, 0.3) is 26.8 Å². The van der Waals surface area contributed by atoms with Crippen LogP contribution in [0.5, 0.6) is 5.75 Å². The van der Waals surface area contributed by atoms with Crippen molar-refractivity contribution in [3.8, 4) is 5.75 Å². The van der Waals surface area contributed by atoms with E-state index in [4.69, 9.17) is 9.15 Å². The first-order valence-electron chi connectivity index (χ1n) is 11.5. The fourth-order valence-corrected chi connectivity index (χ4v) is 5.63. The molecule has 2 heterocycles. The number of nitrogens with one attached hydrogen (secondary N) is 1. The van der Waals surface area contributed by atoms with Crippen molar-refractivity contribution in [2.75, 3.05) is 11.9 Å². The summed E-state index contributed by atoms with van der Waals surface area (Å²) >= 11 is 1.49. The number of benzene rings is 2. The van der Waals surface area contributed by atoms with Gasteiger partial charge in [-0.25, -0.2) is 4.98 Å². The van der Waals surface area contributed by atoms with E-state index in [1.165, 1.54) is 35.3 Å². The predicted molar refractivity (Wildman–Crippen MR) is 135 cm³/mol. The Morgan fingerprint density at radius 2 is 2.06 bits per heavy atom. The first kappa shape index (κ1) is 21.7. The first-order valence-corrected chi connectivity index (χ1v) is 12.3. The normalized spacial score (nSPS) is 14.0. The second kappa shape index (κ2) is 8.67. The van der Waals surface area contributed by atoms with Gasteiger partial charge in [0.05, 0.1) is 16.8 Å². The van der Waals surface area contributed by atoms with Gasteiger partial charge in [0.15, 0.2) is 5.13 Å². The van der Waals surface area contributed by atoms with Gasteiger partial charge in [-0.15, -0.1) is 0 Å². The summed E-state index contributed by atoms with van der Waals surface area (Å²) in [5.41, 5.74) is 7.08. The maximum atomic E-state index is 12.9. The summed E-state index contributed by atoms with van der Waals surface area (Å²) in [4.78, 5) is 17.4. The van der Waals surface area contributed by atoms with Gasteiger partial charge in [0.1, 0.15) is 17.1 Å². The zero-order valence-corrected chi connectivity index (χ0v) is 20.3. The van der Waals surface area contributed by atoms with E-state index in [9.17, 15) is 4.79 Å². The molecule has 2 aromatic carbocycles. The minimum Gasteiger partial charge on any atom is -0.493 e. The van der Waals surface area contributed by atoms with E-state index in [2.05, 4.69) is 29.4 Å². The van der Waals surface area contributed by atoms with Crippen molar-refractivity contribution in [2.24, 2.45) is 0 Å². The molecule has 4 aromatic rings. The molecule has 0 fully saturated rings. The molecule has 0 bridgehead atoms. The summed E-state index contributed by atoms with van der Waals surface area (Å²) < 4.78 is 13.4. The standard InChI is InChI=1S/C27H28N2O3S/c1-5-31-25-17(4)26-20(18-8-6-7-9-22(18)32-26)14-19(25)16(3)13-24(30)29-27-28-21-11-10-15(2)12-23(21)33-27/h10-14H,5-9H2,1-4H3,(H,28,29,30)/b16-13+. The number of aromatic nitrogens is 1. The lowest BCUT2D eigenvalue weighted by Gasteiger charge is -2.15. The number of fused-ring (bicyclic) bond motifs is 4. The topological polar surface area (TPSA) is 64.4 Å². The number of hydrogen-bond acceptors (Lipinski definition) is 5. The minimum atomic E-state index is -0.197. The maximum Gasteiger partial charge on any atom is 0.250 e. The van der Waals surface area contributed by atoms with Crippen LogP contribution in [0.2, 0.25) is 0 Å². The molecule has 0 atom stereocenters. The third-order valence-electron chi connectivity index (χ3n) is 6.26. The molecule has 0 unspecified atom stereocenters. The van der Waals surface area contributed by atoms with Crippen LogP contribution < -0.4 is 10.1 Å². The molecule has 0 spiro atoms. The zero-order valence-electron chi connectivity index (χ0n) is 19.5. The van der Waals surface area contributed by atoms with E-state index in [1.807, 2.05) is 32.9 Å².